The summed E-state index contributed by atoms with van der Waals surface area (Å²) in [6.45, 7) is 3.53. The Hall–Kier alpha value is -4.27. The van der Waals surface area contributed by atoms with Crippen LogP contribution >= 0.6 is 0 Å². The Balaban J connectivity index is 2.05. The summed E-state index contributed by atoms with van der Waals surface area (Å²) in [6.07, 6.45) is 1.41. The van der Waals surface area contributed by atoms with Gasteiger partial charge in [0, 0.05) is 23.5 Å². The molecule has 0 bridgehead atoms. The van der Waals surface area contributed by atoms with E-state index in [0.717, 1.165) is 0 Å². The number of ether oxygens (including phenoxy) is 2. The van der Waals surface area contributed by atoms with Gasteiger partial charge in [-0.1, -0.05) is 12.1 Å². The number of esters is 2. The predicted octanol–water partition coefficient (Wildman–Crippen LogP) is 3.65. The van der Waals surface area contributed by atoms with Gasteiger partial charge in [0.2, 0.25) is 0 Å². The van der Waals surface area contributed by atoms with Crippen LogP contribution in [0.25, 0.3) is 6.08 Å². The molecule has 9 heteroatoms. The first-order valence-electron chi connectivity index (χ1n) is 9.65. The first-order chi connectivity index (χ1) is 15.3. The van der Waals surface area contributed by atoms with E-state index >= 15 is 0 Å². The van der Waals surface area contributed by atoms with Gasteiger partial charge in [0.05, 0.1) is 35.3 Å². The molecule has 0 unspecified atom stereocenters. The zero-order valence-electron chi connectivity index (χ0n) is 17.7. The summed E-state index contributed by atoms with van der Waals surface area (Å²) >= 11 is 0. The fourth-order valence-electron chi connectivity index (χ4n) is 3.35. The number of rotatable bonds is 6. The summed E-state index contributed by atoms with van der Waals surface area (Å²) in [4.78, 5) is 49.5. The third-order valence-electron chi connectivity index (χ3n) is 4.82. The first-order valence-corrected chi connectivity index (χ1v) is 9.65. The maximum atomic E-state index is 13.3. The van der Waals surface area contributed by atoms with E-state index < -0.39 is 22.8 Å². The van der Waals surface area contributed by atoms with Crippen LogP contribution in [-0.4, -0.2) is 36.5 Å². The standard InChI is InChI=1S/C23H20N2O7/c1-4-32-22(27)16-8-10-17(11-9-16)24-14(2)20(23(28)31-3)19(21(24)26)13-15-6-5-7-18(12-15)25(29)30/h5-13H,4H2,1-3H3. The lowest BCUT2D eigenvalue weighted by molar-refractivity contribution is -0.384. The van der Waals surface area contributed by atoms with Crippen molar-refractivity contribution in [1.29, 1.82) is 0 Å². The van der Waals surface area contributed by atoms with Gasteiger partial charge in [0.25, 0.3) is 11.6 Å². The highest BCUT2D eigenvalue weighted by molar-refractivity contribution is 6.23. The Kier molecular flexibility index (Phi) is 6.48. The molecule has 0 saturated carbocycles. The summed E-state index contributed by atoms with van der Waals surface area (Å²) in [5, 5.41) is 11.1. The van der Waals surface area contributed by atoms with Crippen molar-refractivity contribution in [3.8, 4) is 0 Å². The molecule has 0 atom stereocenters. The Morgan fingerprint density at radius 2 is 1.81 bits per heavy atom. The van der Waals surface area contributed by atoms with E-state index in [1.165, 1.54) is 48.4 Å². The van der Waals surface area contributed by atoms with E-state index in [-0.39, 0.29) is 23.4 Å². The first kappa shape index (κ1) is 22.4. The number of allylic oxidation sites excluding steroid dienone is 1. The highest BCUT2D eigenvalue weighted by Gasteiger charge is 2.38. The number of non-ortho nitro benzene ring substituents is 1. The topological polar surface area (TPSA) is 116 Å². The highest BCUT2D eigenvalue weighted by atomic mass is 16.6. The zero-order valence-corrected chi connectivity index (χ0v) is 17.7. The van der Waals surface area contributed by atoms with Crippen LogP contribution < -0.4 is 4.90 Å². The molecular weight excluding hydrogens is 416 g/mol. The van der Waals surface area contributed by atoms with Crippen molar-refractivity contribution in [2.75, 3.05) is 18.6 Å². The molecule has 0 fully saturated rings. The zero-order chi connectivity index (χ0) is 23.4. The third kappa shape index (κ3) is 4.27. The minimum absolute atomic E-state index is 0.0457. The maximum absolute atomic E-state index is 13.3. The molecule has 9 nitrogen and oxygen atoms in total. The quantitative estimate of drug-likeness (QED) is 0.294. The molecule has 164 valence electrons. The van der Waals surface area contributed by atoms with Gasteiger partial charge >= 0.3 is 11.9 Å². The molecule has 1 amide bonds. The monoisotopic (exact) mass is 436 g/mol. The van der Waals surface area contributed by atoms with E-state index in [0.29, 0.717) is 22.5 Å². The number of methoxy groups -OCH3 is 1. The molecule has 0 radical (unpaired) electrons. The largest absolute Gasteiger partial charge is 0.465 e. The van der Waals surface area contributed by atoms with E-state index in [4.69, 9.17) is 9.47 Å². The number of hydrogen-bond donors (Lipinski definition) is 0. The average molecular weight is 436 g/mol. The number of carbonyl (C=O) groups is 3. The number of carbonyl (C=O) groups excluding carboxylic acids is 3. The van der Waals surface area contributed by atoms with Crippen molar-refractivity contribution in [1.82, 2.24) is 0 Å². The molecule has 0 saturated heterocycles. The van der Waals surface area contributed by atoms with Gasteiger partial charge < -0.3 is 9.47 Å². The van der Waals surface area contributed by atoms with Crippen molar-refractivity contribution in [3.05, 3.63) is 86.6 Å². The molecule has 1 aliphatic heterocycles. The number of nitro benzene ring substituents is 1. The van der Waals surface area contributed by atoms with Crippen LogP contribution in [0.1, 0.15) is 29.8 Å². The summed E-state index contributed by atoms with van der Waals surface area (Å²) in [7, 11) is 1.20. The van der Waals surface area contributed by atoms with E-state index in [1.54, 1.807) is 32.0 Å². The lowest BCUT2D eigenvalue weighted by Gasteiger charge is -2.18. The number of benzene rings is 2. The van der Waals surface area contributed by atoms with Crippen molar-refractivity contribution < 1.29 is 28.8 Å². The van der Waals surface area contributed by atoms with Crippen LogP contribution in [0.5, 0.6) is 0 Å². The Labute approximate surface area is 183 Å². The second kappa shape index (κ2) is 9.25. The number of nitrogens with zero attached hydrogens (tertiary/aromatic N) is 2. The van der Waals surface area contributed by atoms with Crippen LogP contribution in [0.2, 0.25) is 0 Å². The van der Waals surface area contributed by atoms with Gasteiger partial charge in [-0.2, -0.15) is 0 Å². The van der Waals surface area contributed by atoms with Crippen LogP contribution in [-0.2, 0) is 19.1 Å². The minimum Gasteiger partial charge on any atom is -0.465 e. The molecule has 32 heavy (non-hydrogen) atoms. The van der Waals surface area contributed by atoms with Gasteiger partial charge in [-0.25, -0.2) is 9.59 Å². The van der Waals surface area contributed by atoms with Crippen LogP contribution in [0.15, 0.2) is 65.4 Å². The number of hydrogen-bond acceptors (Lipinski definition) is 7. The second-order valence-electron chi connectivity index (χ2n) is 6.77. The molecule has 2 aromatic carbocycles. The molecule has 0 spiro atoms. The van der Waals surface area contributed by atoms with Gasteiger partial charge in [-0.3, -0.25) is 19.8 Å². The lowest BCUT2D eigenvalue weighted by Crippen LogP contribution is -2.24. The van der Waals surface area contributed by atoms with Crippen molar-refractivity contribution in [3.63, 3.8) is 0 Å². The average Bonchev–Trinajstić information content (AvgIpc) is 3.03. The predicted molar refractivity (Wildman–Crippen MR) is 116 cm³/mol. The molecule has 3 rings (SSSR count). The molecule has 1 heterocycles. The molecule has 0 aromatic heterocycles. The lowest BCUT2D eigenvalue weighted by atomic mass is 10.0. The summed E-state index contributed by atoms with van der Waals surface area (Å²) in [5.41, 5.74) is 1.44. The summed E-state index contributed by atoms with van der Waals surface area (Å²) in [6, 6.07) is 11.9. The number of anilines is 1. The Bertz CT molecular complexity index is 1160. The number of nitro groups is 1. The van der Waals surface area contributed by atoms with Crippen LogP contribution in [0, 0.1) is 10.1 Å². The van der Waals surface area contributed by atoms with Crippen LogP contribution in [0.3, 0.4) is 0 Å². The van der Waals surface area contributed by atoms with E-state index in [2.05, 4.69) is 0 Å². The van der Waals surface area contributed by atoms with Gasteiger partial charge in [-0.15, -0.1) is 0 Å². The van der Waals surface area contributed by atoms with Gasteiger partial charge in [0.15, 0.2) is 0 Å². The molecular formula is C23H20N2O7. The Morgan fingerprint density at radius 3 is 2.41 bits per heavy atom. The smallest absolute Gasteiger partial charge is 0.340 e. The van der Waals surface area contributed by atoms with Gasteiger partial charge in [-0.05, 0) is 49.8 Å². The molecule has 2 aromatic rings. The Morgan fingerprint density at radius 1 is 1.12 bits per heavy atom. The minimum atomic E-state index is -0.710. The van der Waals surface area contributed by atoms with E-state index in [1.807, 2.05) is 0 Å². The molecule has 1 aliphatic rings. The molecule has 0 aliphatic carbocycles. The highest BCUT2D eigenvalue weighted by Crippen LogP contribution is 2.35. The van der Waals surface area contributed by atoms with Crippen molar-refractivity contribution in [2.45, 2.75) is 13.8 Å². The fourth-order valence-corrected chi connectivity index (χ4v) is 3.35. The maximum Gasteiger partial charge on any atom is 0.340 e. The summed E-state index contributed by atoms with van der Waals surface area (Å²) < 4.78 is 9.82. The summed E-state index contributed by atoms with van der Waals surface area (Å²) in [5.74, 6) is -1.70. The third-order valence-corrected chi connectivity index (χ3v) is 4.82. The van der Waals surface area contributed by atoms with Crippen molar-refractivity contribution >= 4 is 35.3 Å². The molecule has 0 N–H and O–H groups in total. The number of amides is 1. The van der Waals surface area contributed by atoms with E-state index in [9.17, 15) is 24.5 Å². The van der Waals surface area contributed by atoms with Crippen molar-refractivity contribution in [2.24, 2.45) is 0 Å². The fraction of sp³-hybridized carbons (Fsp3) is 0.174. The van der Waals surface area contributed by atoms with Crippen LogP contribution in [0.4, 0.5) is 11.4 Å². The van der Waals surface area contributed by atoms with Gasteiger partial charge in [0.1, 0.15) is 0 Å². The second-order valence-corrected chi connectivity index (χ2v) is 6.77. The SMILES string of the molecule is CCOC(=O)c1ccc(N2C(=O)C(=Cc3cccc([N+](=O)[O-])c3)C(C(=O)OC)=C2C)cc1. The normalized spacial score (nSPS) is 14.7.